The molecular weight excluding hydrogens is 494 g/mol. The van der Waals surface area contributed by atoms with Gasteiger partial charge in [0.05, 0.1) is 36.3 Å². The third kappa shape index (κ3) is 5.36. The summed E-state index contributed by atoms with van der Waals surface area (Å²) in [5.74, 6) is 0.939. The van der Waals surface area contributed by atoms with Gasteiger partial charge in [-0.3, -0.25) is 14.5 Å². The largest absolute Gasteiger partial charge is 0.493 e. The Kier molecular flexibility index (Phi) is 7.48. The molecule has 0 atom stereocenters. The Bertz CT molecular complexity index is 1320. The van der Waals surface area contributed by atoms with Gasteiger partial charge >= 0.3 is 5.97 Å². The fraction of sp³-hybridized carbons (Fsp3) is 0.160. The highest BCUT2D eigenvalue weighted by Gasteiger charge is 2.35. The van der Waals surface area contributed by atoms with Gasteiger partial charge in [0.1, 0.15) is 18.1 Å². The maximum Gasteiger partial charge on any atom is 0.339 e. The molecule has 1 saturated heterocycles. The third-order valence-electron chi connectivity index (χ3n) is 5.07. The number of thioether (sulfide) groups is 1. The first-order chi connectivity index (χ1) is 16.9. The maximum atomic E-state index is 12.8. The number of imide groups is 1. The van der Waals surface area contributed by atoms with Crippen molar-refractivity contribution in [3.63, 3.8) is 0 Å². The van der Waals surface area contributed by atoms with Gasteiger partial charge in [-0.1, -0.05) is 23.7 Å². The van der Waals surface area contributed by atoms with Crippen molar-refractivity contribution in [2.45, 2.75) is 0 Å². The fourth-order valence-corrected chi connectivity index (χ4v) is 4.38. The van der Waals surface area contributed by atoms with Crippen molar-refractivity contribution in [2.24, 2.45) is 0 Å². The molecular formula is C25H20ClNO7S. The Balaban J connectivity index is 1.44. The molecule has 1 aromatic heterocycles. The average Bonchev–Trinajstić information content (AvgIpc) is 3.44. The number of methoxy groups -OCH3 is 2. The number of esters is 1. The number of halogens is 1. The van der Waals surface area contributed by atoms with Crippen LogP contribution in [0.15, 0.2) is 63.9 Å². The molecule has 3 aromatic rings. The molecule has 4 rings (SSSR count). The standard InChI is InChI=1S/C25H20ClNO7S/c1-31-20-5-3-4-6-21(20)33-12-11-27-23(28)22(35-25(27)30)14-16-8-10-19(34-16)15-7-9-18(26)17(13-15)24(29)32-2/h3-10,13-14H,11-12H2,1-2H3/b22-14-. The number of hydrogen-bond donors (Lipinski definition) is 0. The van der Waals surface area contributed by atoms with Crippen LogP contribution in [0, 0.1) is 0 Å². The topological polar surface area (TPSA) is 95.3 Å². The van der Waals surface area contributed by atoms with Gasteiger partial charge in [-0.15, -0.1) is 0 Å². The van der Waals surface area contributed by atoms with E-state index in [4.69, 9.17) is 30.2 Å². The number of hydrogen-bond acceptors (Lipinski definition) is 8. The second-order valence-corrected chi connectivity index (χ2v) is 8.62. The second-order valence-electron chi connectivity index (χ2n) is 7.22. The van der Waals surface area contributed by atoms with Crippen molar-refractivity contribution < 1.29 is 33.0 Å². The van der Waals surface area contributed by atoms with Crippen LogP contribution in [0.2, 0.25) is 5.02 Å². The minimum Gasteiger partial charge on any atom is -0.493 e. The van der Waals surface area contributed by atoms with Gasteiger partial charge in [0.15, 0.2) is 11.5 Å². The number of furan rings is 1. The zero-order valence-electron chi connectivity index (χ0n) is 18.8. The van der Waals surface area contributed by atoms with Crippen molar-refractivity contribution in [2.75, 3.05) is 27.4 Å². The second kappa shape index (κ2) is 10.7. The predicted molar refractivity (Wildman–Crippen MR) is 132 cm³/mol. The molecule has 0 unspecified atom stereocenters. The number of rotatable bonds is 8. The van der Waals surface area contributed by atoms with Gasteiger partial charge in [0.2, 0.25) is 0 Å². The highest BCUT2D eigenvalue weighted by Crippen LogP contribution is 2.34. The van der Waals surface area contributed by atoms with Crippen LogP contribution in [0.3, 0.4) is 0 Å². The number of para-hydroxylation sites is 2. The maximum absolute atomic E-state index is 12.8. The van der Waals surface area contributed by atoms with Gasteiger partial charge in [0, 0.05) is 11.6 Å². The first kappa shape index (κ1) is 24.4. The van der Waals surface area contributed by atoms with E-state index in [0.717, 1.165) is 16.7 Å². The number of carbonyl (C=O) groups is 3. The van der Waals surface area contributed by atoms with E-state index in [1.807, 2.05) is 6.07 Å². The summed E-state index contributed by atoms with van der Waals surface area (Å²) in [7, 11) is 2.81. The van der Waals surface area contributed by atoms with Crippen LogP contribution in [0.4, 0.5) is 4.79 Å². The zero-order valence-corrected chi connectivity index (χ0v) is 20.4. The van der Waals surface area contributed by atoms with Crippen molar-refractivity contribution in [1.82, 2.24) is 4.90 Å². The SMILES string of the molecule is COC(=O)c1cc(-c2ccc(/C=C3\SC(=O)N(CCOc4ccccc4OC)C3=O)o2)ccc1Cl. The van der Waals surface area contributed by atoms with Crippen molar-refractivity contribution in [1.29, 1.82) is 0 Å². The molecule has 1 aliphatic rings. The van der Waals surface area contributed by atoms with Crippen LogP contribution in [0.1, 0.15) is 16.1 Å². The van der Waals surface area contributed by atoms with Crippen LogP contribution in [0.5, 0.6) is 11.5 Å². The molecule has 0 N–H and O–H groups in total. The molecule has 10 heteroatoms. The number of amides is 2. The highest BCUT2D eigenvalue weighted by molar-refractivity contribution is 8.18. The molecule has 2 heterocycles. The Morgan fingerprint density at radius 3 is 2.60 bits per heavy atom. The van der Waals surface area contributed by atoms with Gasteiger partial charge < -0.3 is 18.6 Å². The summed E-state index contributed by atoms with van der Waals surface area (Å²) in [5.41, 5.74) is 0.817. The predicted octanol–water partition coefficient (Wildman–Crippen LogP) is 5.51. The van der Waals surface area contributed by atoms with E-state index in [1.54, 1.807) is 48.5 Å². The Morgan fingerprint density at radius 2 is 1.86 bits per heavy atom. The lowest BCUT2D eigenvalue weighted by Gasteiger charge is -2.14. The van der Waals surface area contributed by atoms with Gasteiger partial charge in [-0.25, -0.2) is 4.79 Å². The molecule has 2 amide bonds. The van der Waals surface area contributed by atoms with E-state index in [-0.39, 0.29) is 28.6 Å². The van der Waals surface area contributed by atoms with E-state index in [1.165, 1.54) is 20.3 Å². The molecule has 0 aliphatic carbocycles. The van der Waals surface area contributed by atoms with Gasteiger partial charge in [-0.2, -0.15) is 0 Å². The lowest BCUT2D eigenvalue weighted by atomic mass is 10.1. The fourth-order valence-electron chi connectivity index (χ4n) is 3.34. The molecule has 35 heavy (non-hydrogen) atoms. The Morgan fingerprint density at radius 1 is 1.09 bits per heavy atom. The minimum atomic E-state index is -0.563. The minimum absolute atomic E-state index is 0.0878. The van der Waals surface area contributed by atoms with Crippen LogP contribution in [-0.2, 0) is 9.53 Å². The van der Waals surface area contributed by atoms with Crippen LogP contribution < -0.4 is 9.47 Å². The van der Waals surface area contributed by atoms with Crippen LogP contribution >= 0.6 is 23.4 Å². The molecule has 2 aromatic carbocycles. The number of ether oxygens (including phenoxy) is 3. The van der Waals surface area contributed by atoms with E-state index in [9.17, 15) is 14.4 Å². The molecule has 0 radical (unpaired) electrons. The lowest BCUT2D eigenvalue weighted by molar-refractivity contribution is -0.123. The summed E-state index contributed by atoms with van der Waals surface area (Å²) >= 11 is 6.90. The quantitative estimate of drug-likeness (QED) is 0.287. The van der Waals surface area contributed by atoms with Crippen molar-refractivity contribution in [3.8, 4) is 22.8 Å². The van der Waals surface area contributed by atoms with Crippen molar-refractivity contribution >= 4 is 46.6 Å². The van der Waals surface area contributed by atoms with E-state index < -0.39 is 17.1 Å². The van der Waals surface area contributed by atoms with Crippen molar-refractivity contribution in [3.05, 3.63) is 75.8 Å². The molecule has 1 aliphatic heterocycles. The lowest BCUT2D eigenvalue weighted by Crippen LogP contribution is -2.32. The smallest absolute Gasteiger partial charge is 0.339 e. The third-order valence-corrected chi connectivity index (χ3v) is 6.31. The average molecular weight is 514 g/mol. The zero-order chi connectivity index (χ0) is 24.9. The summed E-state index contributed by atoms with van der Waals surface area (Å²) in [6.45, 7) is 0.209. The first-order valence-electron chi connectivity index (χ1n) is 10.4. The summed E-state index contributed by atoms with van der Waals surface area (Å²) in [4.78, 5) is 38.4. The molecule has 180 valence electrons. The first-order valence-corrected chi connectivity index (χ1v) is 11.6. The Hall–Kier alpha value is -3.69. The number of benzene rings is 2. The van der Waals surface area contributed by atoms with E-state index >= 15 is 0 Å². The molecule has 0 bridgehead atoms. The van der Waals surface area contributed by atoms with E-state index in [0.29, 0.717) is 28.6 Å². The number of nitrogens with zero attached hydrogens (tertiary/aromatic N) is 1. The summed E-state index contributed by atoms with van der Waals surface area (Å²) < 4.78 is 21.5. The molecule has 8 nitrogen and oxygen atoms in total. The van der Waals surface area contributed by atoms with Gasteiger partial charge in [-0.05, 0) is 54.2 Å². The van der Waals surface area contributed by atoms with Crippen LogP contribution in [-0.4, -0.2) is 49.4 Å². The molecule has 0 saturated carbocycles. The molecule has 0 spiro atoms. The Labute approximate surface area is 210 Å². The number of carbonyl (C=O) groups excluding carboxylic acids is 3. The summed E-state index contributed by atoms with van der Waals surface area (Å²) in [6, 6.07) is 15.3. The van der Waals surface area contributed by atoms with Crippen LogP contribution in [0.25, 0.3) is 17.4 Å². The normalized spacial score (nSPS) is 14.5. The van der Waals surface area contributed by atoms with E-state index in [2.05, 4.69) is 0 Å². The summed E-state index contributed by atoms with van der Waals surface area (Å²) in [5, 5.41) is -0.132. The monoisotopic (exact) mass is 513 g/mol. The highest BCUT2D eigenvalue weighted by atomic mass is 35.5. The van der Waals surface area contributed by atoms with Gasteiger partial charge in [0.25, 0.3) is 11.1 Å². The summed E-state index contributed by atoms with van der Waals surface area (Å²) in [6.07, 6.45) is 1.51. The molecule has 1 fully saturated rings.